The molecule has 1 aromatic rings. The summed E-state index contributed by atoms with van der Waals surface area (Å²) < 4.78 is 5.98. The van der Waals surface area contributed by atoms with Gasteiger partial charge in [-0.05, 0) is 34.1 Å². The van der Waals surface area contributed by atoms with Crippen LogP contribution in [0, 0.1) is 0 Å². The van der Waals surface area contributed by atoms with Crippen molar-refractivity contribution in [3.05, 3.63) is 28.2 Å². The third kappa shape index (κ3) is 3.65. The molecule has 1 aromatic carbocycles. The molecule has 1 amide bonds. The van der Waals surface area contributed by atoms with E-state index in [0.29, 0.717) is 17.2 Å². The minimum atomic E-state index is 0.0429. The van der Waals surface area contributed by atoms with Gasteiger partial charge in [-0.25, -0.2) is 0 Å². The van der Waals surface area contributed by atoms with Gasteiger partial charge >= 0.3 is 0 Å². The summed E-state index contributed by atoms with van der Waals surface area (Å²) in [5.74, 6) is 1.37. The van der Waals surface area contributed by atoms with Crippen LogP contribution in [-0.2, 0) is 0 Å². The second-order valence-electron chi connectivity index (χ2n) is 4.67. The van der Waals surface area contributed by atoms with Crippen molar-refractivity contribution in [3.63, 3.8) is 0 Å². The van der Waals surface area contributed by atoms with E-state index in [-0.39, 0.29) is 5.91 Å². The van der Waals surface area contributed by atoms with Crippen LogP contribution in [0.3, 0.4) is 0 Å². The molecule has 0 bridgehead atoms. The fourth-order valence-electron chi connectivity index (χ4n) is 2.26. The second kappa shape index (κ2) is 7.29. The molecule has 0 aromatic heterocycles. The maximum Gasteiger partial charge on any atom is 0.255 e. The Balaban J connectivity index is 2.05. The van der Waals surface area contributed by atoms with Gasteiger partial charge in [-0.15, -0.1) is 11.6 Å². The number of alkyl halides is 1. The van der Waals surface area contributed by atoms with Gasteiger partial charge in [0.25, 0.3) is 5.91 Å². The van der Waals surface area contributed by atoms with Crippen LogP contribution in [-0.4, -0.2) is 61.4 Å². The summed E-state index contributed by atoms with van der Waals surface area (Å²) in [5, 5.41) is 0. The molecule has 1 fully saturated rings. The molecule has 1 aliphatic rings. The minimum absolute atomic E-state index is 0.0429. The zero-order chi connectivity index (χ0) is 14.5. The molecule has 4 nitrogen and oxygen atoms in total. The summed E-state index contributed by atoms with van der Waals surface area (Å²) in [5.41, 5.74) is 0.648. The molecule has 0 N–H and O–H groups in total. The van der Waals surface area contributed by atoms with Crippen LogP contribution in [0.15, 0.2) is 22.7 Å². The van der Waals surface area contributed by atoms with Gasteiger partial charge in [-0.1, -0.05) is 0 Å². The summed E-state index contributed by atoms with van der Waals surface area (Å²) in [6.07, 6.45) is 0. The molecule has 1 saturated heterocycles. The van der Waals surface area contributed by atoms with Gasteiger partial charge < -0.3 is 9.64 Å². The second-order valence-corrected chi connectivity index (χ2v) is 5.90. The SMILES string of the molecule is COc1ccc(Br)c(C(=O)N2CCN(CCCl)CC2)c1. The average molecular weight is 362 g/mol. The van der Waals surface area contributed by atoms with Gasteiger partial charge in [0, 0.05) is 43.1 Å². The summed E-state index contributed by atoms with van der Waals surface area (Å²) >= 11 is 9.17. The Morgan fingerprint density at radius 1 is 1.35 bits per heavy atom. The van der Waals surface area contributed by atoms with E-state index in [2.05, 4.69) is 20.8 Å². The lowest BCUT2D eigenvalue weighted by Crippen LogP contribution is -2.49. The molecular weight excluding hydrogens is 344 g/mol. The average Bonchev–Trinajstić information content (AvgIpc) is 2.48. The van der Waals surface area contributed by atoms with Gasteiger partial charge in [-0.2, -0.15) is 0 Å². The first-order valence-corrected chi connectivity index (χ1v) is 7.89. The molecule has 1 heterocycles. The first kappa shape index (κ1) is 15.6. The molecule has 1 aliphatic heterocycles. The van der Waals surface area contributed by atoms with Crippen molar-refractivity contribution in [1.82, 2.24) is 9.80 Å². The van der Waals surface area contributed by atoms with Gasteiger partial charge in [0.05, 0.1) is 12.7 Å². The highest BCUT2D eigenvalue weighted by Gasteiger charge is 2.23. The monoisotopic (exact) mass is 360 g/mol. The van der Waals surface area contributed by atoms with E-state index in [1.807, 2.05) is 17.0 Å². The topological polar surface area (TPSA) is 32.8 Å². The Morgan fingerprint density at radius 2 is 2.05 bits per heavy atom. The Bertz CT molecular complexity index is 476. The molecular formula is C14H18BrClN2O2. The zero-order valence-electron chi connectivity index (χ0n) is 11.4. The largest absolute Gasteiger partial charge is 0.497 e. The highest BCUT2D eigenvalue weighted by atomic mass is 79.9. The molecule has 0 aliphatic carbocycles. The summed E-state index contributed by atoms with van der Waals surface area (Å²) in [4.78, 5) is 16.7. The normalized spacial score (nSPS) is 16.2. The number of ether oxygens (including phenoxy) is 1. The van der Waals surface area contributed by atoms with E-state index < -0.39 is 0 Å². The summed E-state index contributed by atoms with van der Waals surface area (Å²) in [6, 6.07) is 5.45. The van der Waals surface area contributed by atoms with Gasteiger partial charge in [-0.3, -0.25) is 9.69 Å². The zero-order valence-corrected chi connectivity index (χ0v) is 13.8. The van der Waals surface area contributed by atoms with Crippen LogP contribution in [0.5, 0.6) is 5.75 Å². The van der Waals surface area contributed by atoms with E-state index in [1.54, 1.807) is 13.2 Å². The lowest BCUT2D eigenvalue weighted by atomic mass is 10.1. The number of piperazine rings is 1. The van der Waals surface area contributed by atoms with Crippen LogP contribution in [0.4, 0.5) is 0 Å². The first-order valence-electron chi connectivity index (χ1n) is 6.57. The van der Waals surface area contributed by atoms with Crippen molar-refractivity contribution < 1.29 is 9.53 Å². The van der Waals surface area contributed by atoms with Gasteiger partial charge in [0.2, 0.25) is 0 Å². The van der Waals surface area contributed by atoms with Crippen molar-refractivity contribution >= 4 is 33.4 Å². The van der Waals surface area contributed by atoms with Crippen LogP contribution in [0.25, 0.3) is 0 Å². The maximum absolute atomic E-state index is 12.5. The fraction of sp³-hybridized carbons (Fsp3) is 0.500. The van der Waals surface area contributed by atoms with E-state index in [0.717, 1.165) is 37.2 Å². The molecule has 0 atom stereocenters. The molecule has 0 saturated carbocycles. The smallest absolute Gasteiger partial charge is 0.255 e. The van der Waals surface area contributed by atoms with E-state index in [9.17, 15) is 4.79 Å². The highest BCUT2D eigenvalue weighted by molar-refractivity contribution is 9.10. The number of carbonyl (C=O) groups excluding carboxylic acids is 1. The van der Waals surface area contributed by atoms with Crippen molar-refractivity contribution in [2.45, 2.75) is 0 Å². The molecule has 2 rings (SSSR count). The number of hydrogen-bond acceptors (Lipinski definition) is 3. The van der Waals surface area contributed by atoms with Crippen molar-refractivity contribution in [2.24, 2.45) is 0 Å². The van der Waals surface area contributed by atoms with Crippen molar-refractivity contribution in [3.8, 4) is 5.75 Å². The fourth-order valence-corrected chi connectivity index (χ4v) is 2.91. The lowest BCUT2D eigenvalue weighted by Gasteiger charge is -2.34. The van der Waals surface area contributed by atoms with Crippen molar-refractivity contribution in [2.75, 3.05) is 45.7 Å². The number of benzene rings is 1. The third-order valence-corrected chi connectivity index (χ3v) is 4.32. The molecule has 0 spiro atoms. The van der Waals surface area contributed by atoms with Crippen LogP contribution >= 0.6 is 27.5 Å². The van der Waals surface area contributed by atoms with Gasteiger partial charge in [0.1, 0.15) is 5.75 Å². The number of amides is 1. The Morgan fingerprint density at radius 3 is 2.65 bits per heavy atom. The number of nitrogens with zero attached hydrogens (tertiary/aromatic N) is 2. The predicted octanol–water partition coefficient (Wildman–Crippen LogP) is 2.45. The van der Waals surface area contributed by atoms with Crippen LogP contribution < -0.4 is 4.74 Å². The predicted molar refractivity (Wildman–Crippen MR) is 83.8 cm³/mol. The summed E-state index contributed by atoms with van der Waals surface area (Å²) in [6.45, 7) is 4.10. The number of halogens is 2. The molecule has 0 unspecified atom stereocenters. The number of carbonyl (C=O) groups is 1. The van der Waals surface area contributed by atoms with E-state index in [4.69, 9.17) is 16.3 Å². The highest BCUT2D eigenvalue weighted by Crippen LogP contribution is 2.24. The standard InChI is InChI=1S/C14H18BrClN2O2/c1-20-11-2-3-13(15)12(10-11)14(19)18-8-6-17(5-4-16)7-9-18/h2-3,10H,4-9H2,1H3. The number of methoxy groups -OCH3 is 1. The minimum Gasteiger partial charge on any atom is -0.497 e. The Labute approximate surface area is 132 Å². The number of hydrogen-bond donors (Lipinski definition) is 0. The van der Waals surface area contributed by atoms with Crippen LogP contribution in [0.1, 0.15) is 10.4 Å². The third-order valence-electron chi connectivity index (χ3n) is 3.46. The molecule has 110 valence electrons. The molecule has 20 heavy (non-hydrogen) atoms. The number of rotatable bonds is 4. The van der Waals surface area contributed by atoms with E-state index >= 15 is 0 Å². The first-order chi connectivity index (χ1) is 9.65. The quantitative estimate of drug-likeness (QED) is 0.772. The van der Waals surface area contributed by atoms with Crippen molar-refractivity contribution in [1.29, 1.82) is 0 Å². The Kier molecular flexibility index (Phi) is 5.69. The van der Waals surface area contributed by atoms with Crippen LogP contribution in [0.2, 0.25) is 0 Å². The van der Waals surface area contributed by atoms with E-state index in [1.165, 1.54) is 0 Å². The Hall–Kier alpha value is -0.780. The molecule has 0 radical (unpaired) electrons. The maximum atomic E-state index is 12.5. The van der Waals surface area contributed by atoms with Gasteiger partial charge in [0.15, 0.2) is 0 Å². The summed E-state index contributed by atoms with van der Waals surface area (Å²) in [7, 11) is 1.60. The molecule has 6 heteroatoms. The lowest BCUT2D eigenvalue weighted by molar-refractivity contribution is 0.0643.